The zero-order valence-electron chi connectivity index (χ0n) is 8.62. The van der Waals surface area contributed by atoms with Gasteiger partial charge in [-0.1, -0.05) is 15.9 Å². The van der Waals surface area contributed by atoms with Crippen LogP contribution in [0.15, 0.2) is 0 Å². The van der Waals surface area contributed by atoms with E-state index in [9.17, 15) is 9.59 Å². The van der Waals surface area contributed by atoms with E-state index in [1.807, 2.05) is 0 Å². The molecule has 0 N–H and O–H groups in total. The van der Waals surface area contributed by atoms with Crippen molar-refractivity contribution in [1.82, 2.24) is 0 Å². The number of alkyl halides is 1. The van der Waals surface area contributed by atoms with Gasteiger partial charge in [0.1, 0.15) is 4.32 Å². The van der Waals surface area contributed by atoms with Crippen LogP contribution in [-0.2, 0) is 23.8 Å². The maximum absolute atomic E-state index is 11.7. The summed E-state index contributed by atoms with van der Waals surface area (Å²) in [6, 6.07) is 0. The number of rotatable bonds is 4. The largest absolute Gasteiger partial charge is 0.460 e. The summed E-state index contributed by atoms with van der Waals surface area (Å²) in [5.74, 6) is -1.52. The summed E-state index contributed by atoms with van der Waals surface area (Å²) in [7, 11) is 1.42. The number of carbonyl (C=O) groups excluding carboxylic acids is 2. The summed E-state index contributed by atoms with van der Waals surface area (Å²) < 4.78 is 13.7. The van der Waals surface area contributed by atoms with Gasteiger partial charge in [0.2, 0.25) is 0 Å². The minimum atomic E-state index is -1.10. The third kappa shape index (κ3) is 2.38. The number of esters is 1. The van der Waals surface area contributed by atoms with Crippen LogP contribution in [0.2, 0.25) is 0 Å². The van der Waals surface area contributed by atoms with Crippen molar-refractivity contribution in [3.63, 3.8) is 0 Å². The van der Waals surface area contributed by atoms with Gasteiger partial charge in [0, 0.05) is 7.11 Å². The van der Waals surface area contributed by atoms with E-state index in [1.165, 1.54) is 7.11 Å². The lowest BCUT2D eigenvalue weighted by Gasteiger charge is -2.23. The number of hydrogen-bond donors (Lipinski definition) is 0. The van der Waals surface area contributed by atoms with Crippen molar-refractivity contribution >= 4 is 27.7 Å². The summed E-state index contributed by atoms with van der Waals surface area (Å²) in [5.41, 5.74) is 0. The van der Waals surface area contributed by atoms with Gasteiger partial charge in [-0.15, -0.1) is 0 Å². The molecular weight excluding hydrogens is 268 g/mol. The number of halogens is 1. The van der Waals surface area contributed by atoms with Gasteiger partial charge in [0.05, 0.1) is 13.2 Å². The Bertz CT molecular complexity index is 267. The molecule has 1 fully saturated rings. The Hall–Kier alpha value is -0.460. The molecule has 0 aliphatic carbocycles. The molecular formula is C9H13BrO5. The van der Waals surface area contributed by atoms with E-state index in [-0.39, 0.29) is 6.61 Å². The van der Waals surface area contributed by atoms with Crippen LogP contribution >= 0.6 is 15.9 Å². The van der Waals surface area contributed by atoms with Crippen LogP contribution in [0, 0.1) is 0 Å². The number of carbonyl (C=O) groups is 2. The van der Waals surface area contributed by atoms with Crippen LogP contribution in [0.3, 0.4) is 0 Å². The summed E-state index contributed by atoms with van der Waals surface area (Å²) in [6.07, 6.45) is -0.349. The minimum absolute atomic E-state index is 0.173. The van der Waals surface area contributed by atoms with Gasteiger partial charge < -0.3 is 14.2 Å². The molecule has 0 aromatic carbocycles. The van der Waals surface area contributed by atoms with Gasteiger partial charge in [-0.05, 0) is 13.3 Å². The molecule has 15 heavy (non-hydrogen) atoms. The second-order valence-electron chi connectivity index (χ2n) is 3.10. The Kier molecular flexibility index (Phi) is 4.24. The first-order chi connectivity index (χ1) is 7.06. The van der Waals surface area contributed by atoms with E-state index in [2.05, 4.69) is 20.7 Å². The lowest BCUT2D eigenvalue weighted by molar-refractivity contribution is -0.159. The van der Waals surface area contributed by atoms with Crippen LogP contribution in [-0.4, -0.2) is 42.7 Å². The molecule has 5 nitrogen and oxygen atoms in total. The highest BCUT2D eigenvalue weighted by atomic mass is 79.9. The predicted molar refractivity (Wildman–Crippen MR) is 54.7 cm³/mol. The summed E-state index contributed by atoms with van der Waals surface area (Å²) in [5, 5.41) is 0. The molecule has 2 atom stereocenters. The fraction of sp³-hybridized carbons (Fsp3) is 0.778. The number of ether oxygens (including phenoxy) is 3. The second-order valence-corrected chi connectivity index (χ2v) is 4.52. The predicted octanol–water partition coefficient (Wildman–Crippen LogP) is 0.645. The molecule has 1 aliphatic rings. The summed E-state index contributed by atoms with van der Waals surface area (Å²) in [4.78, 5) is 23.0. The third-order valence-corrected chi connectivity index (χ3v) is 3.29. The quantitative estimate of drug-likeness (QED) is 0.430. The number of hydrogen-bond acceptors (Lipinski definition) is 5. The normalized spacial score (nSPS) is 30.2. The zero-order chi connectivity index (χ0) is 11.5. The molecule has 86 valence electrons. The van der Waals surface area contributed by atoms with Gasteiger partial charge >= 0.3 is 5.97 Å². The zero-order valence-corrected chi connectivity index (χ0v) is 10.2. The molecule has 0 bridgehead atoms. The molecule has 0 amide bonds. The van der Waals surface area contributed by atoms with E-state index in [1.54, 1.807) is 6.92 Å². The fourth-order valence-corrected chi connectivity index (χ4v) is 2.05. The van der Waals surface area contributed by atoms with Gasteiger partial charge in [-0.3, -0.25) is 4.79 Å². The van der Waals surface area contributed by atoms with Crippen LogP contribution in [0.5, 0.6) is 0 Å². The minimum Gasteiger partial charge on any atom is -0.460 e. The Morgan fingerprint density at radius 1 is 1.60 bits per heavy atom. The maximum Gasteiger partial charge on any atom is 0.376 e. The summed E-state index contributed by atoms with van der Waals surface area (Å²) >= 11 is 3.21. The van der Waals surface area contributed by atoms with E-state index < -0.39 is 22.4 Å². The molecule has 1 aliphatic heterocycles. The van der Waals surface area contributed by atoms with Gasteiger partial charge in [0.15, 0.2) is 6.29 Å². The SMILES string of the molecule is CCOC(=O)C(=O)[C@@]1(Br)CCO[C@@H]1OC. The van der Waals surface area contributed by atoms with Gasteiger partial charge in [0.25, 0.3) is 5.78 Å². The van der Waals surface area contributed by atoms with Crippen molar-refractivity contribution in [2.75, 3.05) is 20.3 Å². The van der Waals surface area contributed by atoms with Crippen molar-refractivity contribution in [2.45, 2.75) is 24.0 Å². The average molecular weight is 281 g/mol. The second kappa shape index (κ2) is 5.05. The molecule has 0 aromatic rings. The Morgan fingerprint density at radius 3 is 2.80 bits per heavy atom. The Labute approximate surface area is 96.2 Å². The van der Waals surface area contributed by atoms with Crippen molar-refractivity contribution in [3.05, 3.63) is 0 Å². The third-order valence-electron chi connectivity index (χ3n) is 2.16. The van der Waals surface area contributed by atoms with Gasteiger partial charge in [-0.2, -0.15) is 0 Å². The van der Waals surface area contributed by atoms with E-state index >= 15 is 0 Å². The molecule has 0 saturated carbocycles. The van der Waals surface area contributed by atoms with Crippen molar-refractivity contribution in [2.24, 2.45) is 0 Å². The van der Waals surface area contributed by atoms with Crippen LogP contribution in [0.25, 0.3) is 0 Å². The van der Waals surface area contributed by atoms with Crippen LogP contribution < -0.4 is 0 Å². The van der Waals surface area contributed by atoms with Crippen LogP contribution in [0.4, 0.5) is 0 Å². The smallest absolute Gasteiger partial charge is 0.376 e. The average Bonchev–Trinajstić information content (AvgIpc) is 2.60. The van der Waals surface area contributed by atoms with Crippen molar-refractivity contribution in [3.8, 4) is 0 Å². The standard InChI is InChI=1S/C9H13BrO5/c1-3-14-7(12)6(11)9(10)4-5-15-8(9)13-2/h8H,3-5H2,1-2H3/t8-,9-/m0/s1. The van der Waals surface area contributed by atoms with E-state index in [0.717, 1.165) is 0 Å². The fourth-order valence-electron chi connectivity index (χ4n) is 1.41. The first-order valence-corrected chi connectivity index (χ1v) is 5.40. The first kappa shape index (κ1) is 12.6. The molecule has 0 unspecified atom stereocenters. The Balaban J connectivity index is 2.76. The highest BCUT2D eigenvalue weighted by molar-refractivity contribution is 9.10. The van der Waals surface area contributed by atoms with E-state index in [0.29, 0.717) is 13.0 Å². The highest BCUT2D eigenvalue weighted by Crippen LogP contribution is 2.36. The monoisotopic (exact) mass is 280 g/mol. The summed E-state index contributed by atoms with van der Waals surface area (Å²) in [6.45, 7) is 2.19. The molecule has 0 aromatic heterocycles. The number of Topliss-reactive ketones (excluding diaryl/α,β-unsaturated/α-hetero) is 1. The van der Waals surface area contributed by atoms with Gasteiger partial charge in [-0.25, -0.2) is 4.79 Å². The molecule has 1 heterocycles. The Morgan fingerprint density at radius 2 is 2.27 bits per heavy atom. The highest BCUT2D eigenvalue weighted by Gasteiger charge is 2.52. The first-order valence-electron chi connectivity index (χ1n) is 4.61. The maximum atomic E-state index is 11.7. The van der Waals surface area contributed by atoms with Crippen molar-refractivity contribution in [1.29, 1.82) is 0 Å². The molecule has 6 heteroatoms. The number of methoxy groups -OCH3 is 1. The molecule has 1 saturated heterocycles. The lowest BCUT2D eigenvalue weighted by Crippen LogP contribution is -2.45. The molecule has 0 radical (unpaired) electrons. The topological polar surface area (TPSA) is 61.8 Å². The molecule has 1 rings (SSSR count). The number of ketones is 1. The van der Waals surface area contributed by atoms with E-state index in [4.69, 9.17) is 9.47 Å². The van der Waals surface area contributed by atoms with Crippen molar-refractivity contribution < 1.29 is 23.8 Å². The van der Waals surface area contributed by atoms with Crippen LogP contribution in [0.1, 0.15) is 13.3 Å². The molecule has 0 spiro atoms. The lowest BCUT2D eigenvalue weighted by atomic mass is 10.0.